The highest BCUT2D eigenvalue weighted by molar-refractivity contribution is 5.39. The van der Waals surface area contributed by atoms with Crippen LogP contribution < -0.4 is 5.32 Å². The largest absolute Gasteiger partial charge is 0.363 e. The molecule has 0 fully saturated rings. The highest BCUT2D eigenvalue weighted by Crippen LogP contribution is 2.18. The van der Waals surface area contributed by atoms with Crippen molar-refractivity contribution in [1.29, 1.82) is 5.26 Å². The Balaban J connectivity index is 2.12. The number of halogens is 1. The molecule has 90 valence electrons. The van der Waals surface area contributed by atoms with Crippen LogP contribution in [0.4, 0.5) is 10.2 Å². The van der Waals surface area contributed by atoms with E-state index in [2.05, 4.69) is 21.4 Å². The monoisotopic (exact) mass is 242 g/mol. The lowest BCUT2D eigenvalue weighted by Crippen LogP contribution is -2.08. The molecule has 4 nitrogen and oxygen atoms in total. The molecule has 1 heterocycles. The smallest absolute Gasteiger partial charge is 0.217 e. The van der Waals surface area contributed by atoms with Crippen LogP contribution in [0.5, 0.6) is 0 Å². The number of benzene rings is 1. The van der Waals surface area contributed by atoms with Crippen LogP contribution in [0.2, 0.25) is 0 Å². The Hall–Kier alpha value is -2.48. The molecule has 0 aliphatic rings. The molecule has 0 radical (unpaired) electrons. The van der Waals surface area contributed by atoms with Gasteiger partial charge in [-0.05, 0) is 24.6 Å². The van der Waals surface area contributed by atoms with Crippen LogP contribution in [-0.4, -0.2) is 9.97 Å². The van der Waals surface area contributed by atoms with E-state index in [1.807, 2.05) is 19.1 Å². The lowest BCUT2D eigenvalue weighted by atomic mass is 10.1. The molecule has 1 unspecified atom stereocenters. The Morgan fingerprint density at radius 1 is 1.28 bits per heavy atom. The van der Waals surface area contributed by atoms with Crippen molar-refractivity contribution < 1.29 is 4.39 Å². The van der Waals surface area contributed by atoms with E-state index < -0.39 is 5.95 Å². The molecule has 0 aliphatic heterocycles. The predicted molar refractivity (Wildman–Crippen MR) is 65.2 cm³/mol. The van der Waals surface area contributed by atoms with E-state index in [4.69, 9.17) is 5.26 Å². The molecule has 18 heavy (non-hydrogen) atoms. The number of aromatic nitrogens is 2. The van der Waals surface area contributed by atoms with Gasteiger partial charge in [-0.25, -0.2) is 9.97 Å². The number of nitriles is 1. The third-order valence-corrected chi connectivity index (χ3v) is 2.54. The molecule has 2 aromatic rings. The molecule has 0 saturated carbocycles. The van der Waals surface area contributed by atoms with E-state index in [9.17, 15) is 4.39 Å². The second kappa shape index (κ2) is 5.23. The van der Waals surface area contributed by atoms with Crippen LogP contribution in [0.15, 0.2) is 36.7 Å². The van der Waals surface area contributed by atoms with E-state index >= 15 is 0 Å². The molecular weight excluding hydrogens is 231 g/mol. The zero-order chi connectivity index (χ0) is 13.0. The first-order valence-corrected chi connectivity index (χ1v) is 5.43. The Kier molecular flexibility index (Phi) is 3.49. The van der Waals surface area contributed by atoms with Gasteiger partial charge in [0.05, 0.1) is 11.6 Å². The van der Waals surface area contributed by atoms with Crippen molar-refractivity contribution in [1.82, 2.24) is 9.97 Å². The summed E-state index contributed by atoms with van der Waals surface area (Å²) in [5.74, 6) is -0.140. The lowest BCUT2D eigenvalue weighted by molar-refractivity contribution is 0.579. The zero-order valence-electron chi connectivity index (χ0n) is 9.76. The van der Waals surface area contributed by atoms with Crippen molar-refractivity contribution in [2.24, 2.45) is 0 Å². The van der Waals surface area contributed by atoms with Crippen LogP contribution in [0, 0.1) is 17.3 Å². The van der Waals surface area contributed by atoms with E-state index in [0.717, 1.165) is 5.56 Å². The van der Waals surface area contributed by atoms with Gasteiger partial charge in [-0.15, -0.1) is 0 Å². The molecule has 0 bridgehead atoms. The fourth-order valence-corrected chi connectivity index (χ4v) is 1.56. The third kappa shape index (κ3) is 2.80. The van der Waals surface area contributed by atoms with Gasteiger partial charge in [-0.1, -0.05) is 12.1 Å². The summed E-state index contributed by atoms with van der Waals surface area (Å²) in [7, 11) is 0. The summed E-state index contributed by atoms with van der Waals surface area (Å²) in [5.41, 5.74) is 1.60. The quantitative estimate of drug-likeness (QED) is 0.840. The van der Waals surface area contributed by atoms with Crippen molar-refractivity contribution in [3.63, 3.8) is 0 Å². The van der Waals surface area contributed by atoms with Crippen molar-refractivity contribution in [2.75, 3.05) is 5.32 Å². The minimum absolute atomic E-state index is 0.0351. The number of hydrogen-bond acceptors (Lipinski definition) is 4. The van der Waals surface area contributed by atoms with Crippen LogP contribution in [0.3, 0.4) is 0 Å². The van der Waals surface area contributed by atoms with Crippen LogP contribution >= 0.6 is 0 Å². The summed E-state index contributed by atoms with van der Waals surface area (Å²) in [5, 5.41) is 11.8. The summed E-state index contributed by atoms with van der Waals surface area (Å²) in [6.07, 6.45) is 1.17. The first-order chi connectivity index (χ1) is 8.69. The number of nitrogens with one attached hydrogen (secondary N) is 1. The maximum Gasteiger partial charge on any atom is 0.217 e. The number of anilines is 1. The van der Waals surface area contributed by atoms with Crippen molar-refractivity contribution in [3.8, 4) is 6.07 Å². The fourth-order valence-electron chi connectivity index (χ4n) is 1.56. The van der Waals surface area contributed by atoms with Gasteiger partial charge in [-0.3, -0.25) is 0 Å². The molecule has 0 aliphatic carbocycles. The highest BCUT2D eigenvalue weighted by atomic mass is 19.1. The molecule has 5 heteroatoms. The summed E-state index contributed by atoms with van der Waals surface area (Å²) >= 11 is 0. The second-order valence-corrected chi connectivity index (χ2v) is 3.83. The summed E-state index contributed by atoms with van der Waals surface area (Å²) in [6, 6.07) is 10.5. The minimum Gasteiger partial charge on any atom is -0.363 e. The maximum absolute atomic E-state index is 12.9. The van der Waals surface area contributed by atoms with Crippen LogP contribution in [0.25, 0.3) is 0 Å². The van der Waals surface area contributed by atoms with E-state index in [-0.39, 0.29) is 6.04 Å². The first-order valence-electron chi connectivity index (χ1n) is 5.43. The van der Waals surface area contributed by atoms with Crippen molar-refractivity contribution in [3.05, 3.63) is 53.7 Å². The van der Waals surface area contributed by atoms with Gasteiger partial charge in [0.15, 0.2) is 0 Å². The zero-order valence-corrected chi connectivity index (χ0v) is 9.76. The Morgan fingerprint density at radius 3 is 2.61 bits per heavy atom. The normalized spacial score (nSPS) is 11.6. The molecule has 1 atom stereocenters. The Morgan fingerprint density at radius 2 is 2.00 bits per heavy atom. The van der Waals surface area contributed by atoms with Gasteiger partial charge < -0.3 is 5.32 Å². The van der Waals surface area contributed by atoms with Gasteiger partial charge in [0.1, 0.15) is 12.1 Å². The number of hydrogen-bond donors (Lipinski definition) is 1. The predicted octanol–water partition coefficient (Wildman–Crippen LogP) is 2.66. The van der Waals surface area contributed by atoms with Crippen LogP contribution in [0.1, 0.15) is 24.1 Å². The minimum atomic E-state index is -0.570. The van der Waals surface area contributed by atoms with E-state index in [1.165, 1.54) is 12.4 Å². The Bertz CT molecular complexity index is 574. The molecule has 2 rings (SSSR count). The molecule has 0 saturated heterocycles. The molecule has 0 spiro atoms. The van der Waals surface area contributed by atoms with Crippen molar-refractivity contribution >= 4 is 5.82 Å². The first kappa shape index (κ1) is 12.0. The van der Waals surface area contributed by atoms with E-state index in [1.54, 1.807) is 12.1 Å². The fraction of sp³-hybridized carbons (Fsp3) is 0.154. The number of nitrogens with zero attached hydrogens (tertiary/aromatic N) is 3. The third-order valence-electron chi connectivity index (χ3n) is 2.54. The number of rotatable bonds is 3. The Labute approximate surface area is 104 Å². The highest BCUT2D eigenvalue weighted by Gasteiger charge is 2.06. The van der Waals surface area contributed by atoms with Gasteiger partial charge in [0.2, 0.25) is 5.95 Å². The van der Waals surface area contributed by atoms with Gasteiger partial charge in [0.25, 0.3) is 0 Å². The van der Waals surface area contributed by atoms with Gasteiger partial charge in [-0.2, -0.15) is 9.65 Å². The SMILES string of the molecule is CC(Nc1cc(F)ncn1)c1ccc(C#N)cc1. The molecule has 1 N–H and O–H groups in total. The maximum atomic E-state index is 12.9. The molecular formula is C13H11FN4. The van der Waals surface area contributed by atoms with Gasteiger partial charge >= 0.3 is 0 Å². The average molecular weight is 242 g/mol. The van der Waals surface area contributed by atoms with Crippen molar-refractivity contribution in [2.45, 2.75) is 13.0 Å². The second-order valence-electron chi connectivity index (χ2n) is 3.83. The standard InChI is InChI=1S/C13H11FN4/c1-9(11-4-2-10(7-15)3-5-11)18-13-6-12(14)16-8-17-13/h2-6,8-9H,1H3,(H,16,17,18). The summed E-state index contributed by atoms with van der Waals surface area (Å²) in [4.78, 5) is 7.31. The van der Waals surface area contributed by atoms with E-state index in [0.29, 0.717) is 11.4 Å². The topological polar surface area (TPSA) is 61.6 Å². The summed E-state index contributed by atoms with van der Waals surface area (Å²) in [6.45, 7) is 1.93. The lowest BCUT2D eigenvalue weighted by Gasteiger charge is -2.14. The van der Waals surface area contributed by atoms with Gasteiger partial charge in [0, 0.05) is 12.1 Å². The average Bonchev–Trinajstić information content (AvgIpc) is 2.39. The summed E-state index contributed by atoms with van der Waals surface area (Å²) < 4.78 is 12.9. The van der Waals surface area contributed by atoms with Crippen LogP contribution in [-0.2, 0) is 0 Å². The molecule has 1 aromatic carbocycles. The molecule has 0 amide bonds. The molecule has 1 aromatic heterocycles.